The van der Waals surface area contributed by atoms with E-state index in [-0.39, 0.29) is 18.0 Å². The number of rotatable bonds is 7. The number of carbonyl (C=O) groups excluding carboxylic acids is 3. The van der Waals surface area contributed by atoms with Crippen molar-refractivity contribution in [2.75, 3.05) is 50.3 Å². The molecule has 0 atom stereocenters. The number of hydrogen-bond acceptors (Lipinski definition) is 10. The molecule has 6 aromatic rings. The SMILES string of the molecule is C=C.CN(Cc1cc2ccccc2n1C)C(=O)/C=C/c1cnc2c(c1)CN(C)C(=O)N2.CN1Cc2cc(Br)cnc2NC1=O.CNCc1cc(Br)cnc1N.Nc1ncc(Br)cc1CBr. The van der Waals surface area contributed by atoms with Crippen LogP contribution in [0.3, 0.4) is 0 Å². The van der Waals surface area contributed by atoms with E-state index in [1.165, 1.54) is 5.39 Å². The van der Waals surface area contributed by atoms with Crippen LogP contribution in [0.1, 0.15) is 33.5 Å². The predicted octanol–water partition coefficient (Wildman–Crippen LogP) is 9.31. The Bertz CT molecular complexity index is 2640. The van der Waals surface area contributed by atoms with Gasteiger partial charge in [0.1, 0.15) is 23.3 Å². The van der Waals surface area contributed by atoms with E-state index >= 15 is 0 Å². The van der Waals surface area contributed by atoms with Crippen LogP contribution in [0.5, 0.6) is 0 Å². The number of nitrogens with zero attached hydrogens (tertiary/aromatic N) is 8. The Kier molecular flexibility index (Phi) is 20.1. The number of likely N-dealkylation sites (N-methyl/N-ethyl adjacent to an activating group) is 1. The molecule has 0 aliphatic carbocycles. The minimum Gasteiger partial charge on any atom is -0.383 e. The molecule has 20 heteroatoms. The molecule has 0 fully saturated rings. The summed E-state index contributed by atoms with van der Waals surface area (Å²) in [4.78, 5) is 56.7. The third-order valence-corrected chi connectivity index (χ3v) is 11.5. The van der Waals surface area contributed by atoms with Crippen LogP contribution in [0.2, 0.25) is 0 Å². The number of urea groups is 2. The van der Waals surface area contributed by atoms with Crippen LogP contribution < -0.4 is 27.4 Å². The Morgan fingerprint density at radius 1 is 0.800 bits per heavy atom. The van der Waals surface area contributed by atoms with E-state index in [1.54, 1.807) is 72.8 Å². The minimum absolute atomic E-state index is 0.0848. The van der Waals surface area contributed by atoms with E-state index in [0.717, 1.165) is 64.3 Å². The van der Waals surface area contributed by atoms with Gasteiger partial charge >= 0.3 is 12.1 Å². The Morgan fingerprint density at radius 2 is 1.32 bits per heavy atom. The van der Waals surface area contributed by atoms with Gasteiger partial charge in [-0.2, -0.15) is 0 Å². The number of nitrogens with one attached hydrogen (secondary N) is 3. The lowest BCUT2D eigenvalue weighted by Crippen LogP contribution is -2.35. The van der Waals surface area contributed by atoms with Crippen LogP contribution in [0.4, 0.5) is 32.9 Å². The van der Waals surface area contributed by atoms with Gasteiger partial charge in [-0.05, 0) is 108 Å². The van der Waals surface area contributed by atoms with Gasteiger partial charge in [-0.1, -0.05) is 34.1 Å². The molecule has 8 rings (SSSR count). The number of para-hydroxylation sites is 1. The first-order valence-electron chi connectivity index (χ1n) is 19.7. The van der Waals surface area contributed by atoms with Gasteiger partial charge < -0.3 is 36.1 Å². The smallest absolute Gasteiger partial charge is 0.323 e. The van der Waals surface area contributed by atoms with Crippen LogP contribution in [0.15, 0.2) is 112 Å². The fraction of sp³-hybridized carbons (Fsp3) is 0.222. The van der Waals surface area contributed by atoms with Crippen molar-refractivity contribution in [2.45, 2.75) is 31.5 Å². The number of fused-ring (bicyclic) bond motifs is 3. The third-order valence-electron chi connectivity index (χ3n) is 9.57. The number of nitrogens with two attached hydrogens (primary N) is 2. The summed E-state index contributed by atoms with van der Waals surface area (Å²) in [5, 5.41) is 10.3. The molecule has 0 unspecified atom stereocenters. The number of amides is 5. The maximum atomic E-state index is 12.6. The van der Waals surface area contributed by atoms with Gasteiger partial charge in [0.2, 0.25) is 5.91 Å². The minimum atomic E-state index is -0.168. The number of halogens is 4. The highest BCUT2D eigenvalue weighted by Gasteiger charge is 2.21. The van der Waals surface area contributed by atoms with Gasteiger partial charge in [0.15, 0.2) is 0 Å². The molecule has 65 heavy (non-hydrogen) atoms. The van der Waals surface area contributed by atoms with E-state index in [0.29, 0.717) is 42.9 Å². The van der Waals surface area contributed by atoms with Gasteiger partial charge in [-0.25, -0.2) is 29.5 Å². The lowest BCUT2D eigenvalue weighted by molar-refractivity contribution is -0.125. The van der Waals surface area contributed by atoms with E-state index in [9.17, 15) is 14.4 Å². The molecule has 0 spiro atoms. The molecule has 7 heterocycles. The van der Waals surface area contributed by atoms with Crippen molar-refractivity contribution in [1.82, 2.24) is 44.5 Å². The fourth-order valence-electron chi connectivity index (χ4n) is 6.15. The van der Waals surface area contributed by atoms with Crippen molar-refractivity contribution < 1.29 is 14.4 Å². The van der Waals surface area contributed by atoms with Gasteiger partial charge in [0.05, 0.1) is 19.6 Å². The summed E-state index contributed by atoms with van der Waals surface area (Å²) in [5.41, 5.74) is 18.2. The van der Waals surface area contributed by atoms with Gasteiger partial charge in [0, 0.05) is 118 Å². The van der Waals surface area contributed by atoms with Crippen LogP contribution >= 0.6 is 63.7 Å². The lowest BCUT2D eigenvalue weighted by atomic mass is 10.1. The topological polar surface area (TPSA) is 206 Å². The molecule has 0 saturated carbocycles. The number of alkyl halides is 1. The Balaban J connectivity index is 0.000000212. The van der Waals surface area contributed by atoms with E-state index in [4.69, 9.17) is 11.5 Å². The molecule has 2 aliphatic rings. The molecule has 7 N–H and O–H groups in total. The number of aromatic nitrogens is 5. The zero-order valence-electron chi connectivity index (χ0n) is 36.6. The maximum Gasteiger partial charge on any atom is 0.323 e. The Labute approximate surface area is 412 Å². The van der Waals surface area contributed by atoms with Crippen molar-refractivity contribution in [3.05, 3.63) is 146 Å². The van der Waals surface area contributed by atoms with Crippen LogP contribution in [0, 0.1) is 0 Å². The van der Waals surface area contributed by atoms with Crippen LogP contribution in [-0.4, -0.2) is 85.4 Å². The summed E-state index contributed by atoms with van der Waals surface area (Å²) in [6.45, 7) is 8.37. The zero-order valence-corrected chi connectivity index (χ0v) is 42.9. The van der Waals surface area contributed by atoms with Gasteiger partial charge in [-0.15, -0.1) is 13.2 Å². The number of nitrogen functional groups attached to an aromatic ring is 2. The second-order valence-corrected chi connectivity index (χ2v) is 17.7. The molecule has 5 amide bonds. The highest BCUT2D eigenvalue weighted by Crippen LogP contribution is 2.24. The van der Waals surface area contributed by atoms with E-state index in [2.05, 4.69) is 136 Å². The van der Waals surface area contributed by atoms with E-state index in [1.807, 2.05) is 50.5 Å². The number of aryl methyl sites for hydroxylation is 1. The molecule has 0 radical (unpaired) electrons. The highest BCUT2D eigenvalue weighted by molar-refractivity contribution is 9.11. The fourth-order valence-corrected chi connectivity index (χ4v) is 7.74. The zero-order chi connectivity index (χ0) is 47.8. The molecule has 0 saturated heterocycles. The summed E-state index contributed by atoms with van der Waals surface area (Å²) in [6, 6.07) is 17.8. The number of carbonyl (C=O) groups is 3. The number of benzene rings is 1. The summed E-state index contributed by atoms with van der Waals surface area (Å²) in [6.07, 6.45) is 10.00. The quantitative estimate of drug-likeness (QED) is 0.0582. The van der Waals surface area contributed by atoms with Gasteiger partial charge in [0.25, 0.3) is 0 Å². The standard InChI is InChI=1S/C22H23N5O2.C8H8BrN3O.C7H10BrN3.C6H6Br2N2.C2H4/c1-25(14-18-11-16-6-4-5-7-19(16)27(18)3)20(28)9-8-15-10-17-13-26(2)22(29)24-21(17)23-12-15;1-12-4-5-2-6(9)3-10-7(5)11-8(12)13;1-10-3-5-2-6(8)4-11-7(5)9;7-2-4-1-5(8)3-10-6(4)9;1-2/h4-12H,13-14H2,1-3H3,(H,23,24,29);2-3H,4H2,1H3,(H,10,11,13);2,4,10H,3H2,1H3,(H2,9,11);1,3H,2H2,(H2,9,10);1-2H2/b9-8+;;;;. The largest absolute Gasteiger partial charge is 0.383 e. The molecule has 16 nitrogen and oxygen atoms in total. The third kappa shape index (κ3) is 14.9. The average Bonchev–Trinajstić information content (AvgIpc) is 3.61. The molecule has 342 valence electrons. The predicted molar refractivity (Wildman–Crippen MR) is 275 cm³/mol. The normalized spacial score (nSPS) is 12.4. The van der Waals surface area contributed by atoms with Crippen molar-refractivity contribution in [2.24, 2.45) is 7.05 Å². The maximum absolute atomic E-state index is 12.6. The molecule has 2 aliphatic heterocycles. The molecular formula is C45H51Br4N13O3. The second kappa shape index (κ2) is 25.1. The summed E-state index contributed by atoms with van der Waals surface area (Å²) < 4.78 is 4.95. The van der Waals surface area contributed by atoms with Crippen LogP contribution in [0.25, 0.3) is 17.0 Å². The summed E-state index contributed by atoms with van der Waals surface area (Å²) >= 11 is 13.3. The van der Waals surface area contributed by atoms with Crippen molar-refractivity contribution >= 4 is 122 Å². The highest BCUT2D eigenvalue weighted by atomic mass is 79.9. The Morgan fingerprint density at radius 3 is 1.89 bits per heavy atom. The number of pyridine rings is 4. The Hall–Kier alpha value is -5.67. The molecule has 1 aromatic carbocycles. The van der Waals surface area contributed by atoms with Crippen LogP contribution in [-0.2, 0) is 43.4 Å². The number of anilines is 4. The molecule has 0 bridgehead atoms. The van der Waals surface area contributed by atoms with Crippen molar-refractivity contribution in [3.63, 3.8) is 0 Å². The first kappa shape index (κ1) is 52.0. The van der Waals surface area contributed by atoms with Crippen molar-refractivity contribution in [3.8, 4) is 0 Å². The number of hydrogen-bond donors (Lipinski definition) is 5. The average molecular weight is 1140 g/mol. The first-order valence-corrected chi connectivity index (χ1v) is 23.2. The first-order chi connectivity index (χ1) is 31.1. The lowest BCUT2D eigenvalue weighted by Gasteiger charge is -2.25. The van der Waals surface area contributed by atoms with E-state index < -0.39 is 0 Å². The monoisotopic (exact) mass is 1140 g/mol. The molecular weight excluding hydrogens is 1090 g/mol. The van der Waals surface area contributed by atoms with Gasteiger partial charge in [-0.3, -0.25) is 15.4 Å². The summed E-state index contributed by atoms with van der Waals surface area (Å²) in [7, 11) is 9.16. The molecule has 5 aromatic heterocycles. The second-order valence-electron chi connectivity index (χ2n) is 14.4. The summed E-state index contributed by atoms with van der Waals surface area (Å²) in [5.74, 6) is 2.32. The van der Waals surface area contributed by atoms with Crippen molar-refractivity contribution in [1.29, 1.82) is 0 Å².